The highest BCUT2D eigenvalue weighted by molar-refractivity contribution is 7.99. The third-order valence-electron chi connectivity index (χ3n) is 1.42. The Hall–Kier alpha value is -1.08. The molecule has 0 saturated heterocycles. The van der Waals surface area contributed by atoms with E-state index < -0.39 is 5.97 Å². The molecule has 0 fully saturated rings. The lowest BCUT2D eigenvalue weighted by molar-refractivity contribution is -0.133. The highest BCUT2D eigenvalue weighted by atomic mass is 32.2. The van der Waals surface area contributed by atoms with E-state index in [9.17, 15) is 9.59 Å². The Labute approximate surface area is 94.9 Å². The molecule has 0 spiro atoms. The number of nitrogens with zero attached hydrogens (tertiary/aromatic N) is 1. The molecule has 0 aliphatic rings. The van der Waals surface area contributed by atoms with Crippen molar-refractivity contribution in [1.82, 2.24) is 10.3 Å². The molecule has 0 unspecified atom stereocenters. The molecule has 0 atom stereocenters. The largest absolute Gasteiger partial charge is 0.481 e. The van der Waals surface area contributed by atoms with Gasteiger partial charge in [0.25, 0.3) is 5.91 Å². The quantitative estimate of drug-likeness (QED) is 0.722. The SMILES string of the molecule is O=C(O)CSCCNC(=O)c1cscn1. The maximum absolute atomic E-state index is 11.3. The summed E-state index contributed by atoms with van der Waals surface area (Å²) in [6.07, 6.45) is 0. The Morgan fingerprint density at radius 3 is 3.00 bits per heavy atom. The van der Waals surface area contributed by atoms with Crippen molar-refractivity contribution < 1.29 is 14.7 Å². The third-order valence-corrected chi connectivity index (χ3v) is 2.95. The number of amides is 1. The molecule has 1 aromatic rings. The molecule has 1 aromatic heterocycles. The van der Waals surface area contributed by atoms with Gasteiger partial charge in [-0.25, -0.2) is 4.98 Å². The summed E-state index contributed by atoms with van der Waals surface area (Å²) in [6, 6.07) is 0. The molecule has 82 valence electrons. The van der Waals surface area contributed by atoms with Gasteiger partial charge in [-0.15, -0.1) is 23.1 Å². The van der Waals surface area contributed by atoms with Gasteiger partial charge in [-0.2, -0.15) is 0 Å². The first-order chi connectivity index (χ1) is 7.20. The van der Waals surface area contributed by atoms with Crippen molar-refractivity contribution >= 4 is 35.0 Å². The van der Waals surface area contributed by atoms with Crippen LogP contribution in [-0.4, -0.2) is 40.0 Å². The molecule has 0 bridgehead atoms. The number of hydrogen-bond acceptors (Lipinski definition) is 5. The Bertz CT molecular complexity index is 327. The van der Waals surface area contributed by atoms with Crippen LogP contribution >= 0.6 is 23.1 Å². The van der Waals surface area contributed by atoms with Gasteiger partial charge >= 0.3 is 5.97 Å². The highest BCUT2D eigenvalue weighted by Gasteiger charge is 2.05. The van der Waals surface area contributed by atoms with Crippen LogP contribution in [0.15, 0.2) is 10.9 Å². The Morgan fingerprint density at radius 1 is 1.60 bits per heavy atom. The molecule has 5 nitrogen and oxygen atoms in total. The molecule has 0 aromatic carbocycles. The lowest BCUT2D eigenvalue weighted by atomic mass is 10.4. The number of carbonyl (C=O) groups excluding carboxylic acids is 1. The number of carboxylic acid groups (broad SMARTS) is 1. The van der Waals surface area contributed by atoms with Crippen LogP contribution < -0.4 is 5.32 Å². The molecule has 0 radical (unpaired) electrons. The van der Waals surface area contributed by atoms with Crippen LogP contribution in [0, 0.1) is 0 Å². The molecular formula is C8H10N2O3S2. The molecule has 7 heteroatoms. The van der Waals surface area contributed by atoms with Gasteiger partial charge in [0.2, 0.25) is 0 Å². The van der Waals surface area contributed by atoms with Crippen LogP contribution in [0.4, 0.5) is 0 Å². The topological polar surface area (TPSA) is 79.3 Å². The van der Waals surface area contributed by atoms with Crippen LogP contribution in [-0.2, 0) is 4.79 Å². The van der Waals surface area contributed by atoms with Gasteiger partial charge in [0.15, 0.2) is 0 Å². The van der Waals surface area contributed by atoms with E-state index in [0.717, 1.165) is 0 Å². The standard InChI is InChI=1S/C8H10N2O3S2/c11-7(12)4-14-2-1-9-8(13)6-3-15-5-10-6/h3,5H,1-2,4H2,(H,9,13)(H,11,12). The average Bonchev–Trinajstić information content (AvgIpc) is 2.69. The monoisotopic (exact) mass is 246 g/mol. The lowest BCUT2D eigenvalue weighted by Gasteiger charge is -2.01. The summed E-state index contributed by atoms with van der Waals surface area (Å²) in [4.78, 5) is 25.3. The van der Waals surface area contributed by atoms with Crippen molar-refractivity contribution in [3.8, 4) is 0 Å². The molecule has 1 amide bonds. The van der Waals surface area contributed by atoms with Crippen LogP contribution in [0.2, 0.25) is 0 Å². The first kappa shape index (κ1) is 12.0. The van der Waals surface area contributed by atoms with Gasteiger partial charge in [0.1, 0.15) is 5.69 Å². The highest BCUT2D eigenvalue weighted by Crippen LogP contribution is 2.01. The maximum Gasteiger partial charge on any atom is 0.313 e. The van der Waals surface area contributed by atoms with Crippen molar-refractivity contribution in [2.45, 2.75) is 0 Å². The van der Waals surface area contributed by atoms with Crippen molar-refractivity contribution in [2.75, 3.05) is 18.1 Å². The molecule has 0 saturated carbocycles. The first-order valence-electron chi connectivity index (χ1n) is 4.16. The van der Waals surface area contributed by atoms with Gasteiger partial charge in [-0.05, 0) is 0 Å². The average molecular weight is 246 g/mol. The summed E-state index contributed by atoms with van der Waals surface area (Å²) in [7, 11) is 0. The number of thiazole rings is 1. The molecule has 15 heavy (non-hydrogen) atoms. The summed E-state index contributed by atoms with van der Waals surface area (Å²) in [5.41, 5.74) is 2.00. The number of carbonyl (C=O) groups is 2. The van der Waals surface area contributed by atoms with E-state index in [4.69, 9.17) is 5.11 Å². The van der Waals surface area contributed by atoms with E-state index in [1.165, 1.54) is 23.1 Å². The Morgan fingerprint density at radius 2 is 2.40 bits per heavy atom. The van der Waals surface area contributed by atoms with Crippen LogP contribution in [0.1, 0.15) is 10.5 Å². The van der Waals surface area contributed by atoms with E-state index in [-0.39, 0.29) is 11.7 Å². The predicted molar refractivity (Wildman–Crippen MR) is 59.4 cm³/mol. The molecule has 1 rings (SSSR count). The Kier molecular flexibility index (Phi) is 5.13. The van der Waals surface area contributed by atoms with Gasteiger partial charge < -0.3 is 10.4 Å². The fraction of sp³-hybridized carbons (Fsp3) is 0.375. The normalized spacial score (nSPS) is 9.87. The van der Waals surface area contributed by atoms with Crippen molar-refractivity contribution in [3.05, 3.63) is 16.6 Å². The minimum Gasteiger partial charge on any atom is -0.481 e. The second-order valence-corrected chi connectivity index (χ2v) is 4.40. The summed E-state index contributed by atoms with van der Waals surface area (Å²) in [6.45, 7) is 0.453. The van der Waals surface area contributed by atoms with Crippen molar-refractivity contribution in [3.63, 3.8) is 0 Å². The fourth-order valence-corrected chi connectivity index (χ4v) is 1.91. The molecule has 2 N–H and O–H groups in total. The van der Waals surface area contributed by atoms with E-state index in [1.54, 1.807) is 10.9 Å². The summed E-state index contributed by atoms with van der Waals surface area (Å²) in [5.74, 6) is -0.410. The maximum atomic E-state index is 11.3. The molecule has 0 aliphatic carbocycles. The smallest absolute Gasteiger partial charge is 0.313 e. The van der Waals surface area contributed by atoms with E-state index in [0.29, 0.717) is 18.0 Å². The summed E-state index contributed by atoms with van der Waals surface area (Å²) >= 11 is 2.63. The number of nitrogens with one attached hydrogen (secondary N) is 1. The van der Waals surface area contributed by atoms with Gasteiger partial charge in [-0.3, -0.25) is 9.59 Å². The molecular weight excluding hydrogens is 236 g/mol. The summed E-state index contributed by atoms with van der Waals surface area (Å²) in [5, 5.41) is 12.7. The number of thioether (sulfide) groups is 1. The van der Waals surface area contributed by atoms with Crippen molar-refractivity contribution in [2.24, 2.45) is 0 Å². The minimum atomic E-state index is -0.842. The molecule has 0 aliphatic heterocycles. The number of aliphatic carboxylic acids is 1. The van der Waals surface area contributed by atoms with Gasteiger partial charge in [-0.1, -0.05) is 0 Å². The zero-order valence-corrected chi connectivity index (χ0v) is 9.44. The molecule has 1 heterocycles. The van der Waals surface area contributed by atoms with Crippen molar-refractivity contribution in [1.29, 1.82) is 0 Å². The Balaban J connectivity index is 2.10. The second-order valence-electron chi connectivity index (χ2n) is 2.58. The fourth-order valence-electron chi connectivity index (χ4n) is 0.811. The first-order valence-corrected chi connectivity index (χ1v) is 6.26. The zero-order chi connectivity index (χ0) is 11.1. The predicted octanol–water partition coefficient (Wildman–Crippen LogP) is 0.691. The second kappa shape index (κ2) is 6.41. The minimum absolute atomic E-state index is 0.0621. The zero-order valence-electron chi connectivity index (χ0n) is 7.80. The van der Waals surface area contributed by atoms with Crippen LogP contribution in [0.5, 0.6) is 0 Å². The van der Waals surface area contributed by atoms with Gasteiger partial charge in [0, 0.05) is 17.7 Å². The number of hydrogen-bond donors (Lipinski definition) is 2. The van der Waals surface area contributed by atoms with E-state index in [1.807, 2.05) is 0 Å². The third kappa shape index (κ3) is 4.80. The summed E-state index contributed by atoms with van der Waals surface area (Å²) < 4.78 is 0. The number of rotatable bonds is 6. The van der Waals surface area contributed by atoms with Gasteiger partial charge in [0.05, 0.1) is 11.3 Å². The van der Waals surface area contributed by atoms with E-state index in [2.05, 4.69) is 10.3 Å². The number of carboxylic acids is 1. The number of aromatic nitrogens is 1. The van der Waals surface area contributed by atoms with E-state index >= 15 is 0 Å². The lowest BCUT2D eigenvalue weighted by Crippen LogP contribution is -2.26. The van der Waals surface area contributed by atoms with Crippen LogP contribution in [0.25, 0.3) is 0 Å². The van der Waals surface area contributed by atoms with Crippen LogP contribution in [0.3, 0.4) is 0 Å².